The predicted octanol–water partition coefficient (Wildman–Crippen LogP) is 4.95. The summed E-state index contributed by atoms with van der Waals surface area (Å²) >= 11 is 3.44. The van der Waals surface area contributed by atoms with Crippen molar-refractivity contribution in [3.8, 4) is 5.75 Å². The van der Waals surface area contributed by atoms with Gasteiger partial charge in [0.1, 0.15) is 11.8 Å². The van der Waals surface area contributed by atoms with Gasteiger partial charge in [-0.2, -0.15) is 0 Å². The van der Waals surface area contributed by atoms with E-state index in [0.717, 1.165) is 16.2 Å². The normalized spacial score (nSPS) is 22.9. The molecule has 9 nitrogen and oxygen atoms in total. The third-order valence-corrected chi connectivity index (χ3v) is 8.37. The Labute approximate surface area is 231 Å². The van der Waals surface area contributed by atoms with Crippen molar-refractivity contribution in [2.45, 2.75) is 19.0 Å². The van der Waals surface area contributed by atoms with Crippen LogP contribution < -0.4 is 14.5 Å². The lowest BCUT2D eigenvalue weighted by Gasteiger charge is -2.36. The number of Topliss-reactive ketones (excluding diaryl/α,β-unsaturated/α-hetero) is 1. The first-order valence-electron chi connectivity index (χ1n) is 12.3. The number of amides is 2. The van der Waals surface area contributed by atoms with Crippen LogP contribution in [0.1, 0.15) is 21.5 Å². The van der Waals surface area contributed by atoms with E-state index in [4.69, 9.17) is 4.74 Å². The van der Waals surface area contributed by atoms with Crippen molar-refractivity contribution in [3.05, 3.63) is 98.0 Å². The molecular weight excluding hydrogens is 566 g/mol. The van der Waals surface area contributed by atoms with Crippen molar-refractivity contribution in [2.75, 3.05) is 16.9 Å². The Morgan fingerprint density at radius 3 is 2.44 bits per heavy atom. The minimum Gasteiger partial charge on any atom is -0.496 e. The molecule has 0 aliphatic carbocycles. The molecule has 0 saturated carbocycles. The van der Waals surface area contributed by atoms with Gasteiger partial charge in [-0.3, -0.25) is 24.5 Å². The third-order valence-electron chi connectivity index (χ3n) is 7.75. The number of carbonyl (C=O) groups excluding carboxylic acids is 3. The summed E-state index contributed by atoms with van der Waals surface area (Å²) in [5.41, 5.74) is 2.63. The van der Waals surface area contributed by atoms with Crippen LogP contribution in [0.3, 0.4) is 0 Å². The lowest BCUT2D eigenvalue weighted by Crippen LogP contribution is -2.49. The third kappa shape index (κ3) is 3.69. The second kappa shape index (κ2) is 9.16. The van der Waals surface area contributed by atoms with Crippen molar-refractivity contribution < 1.29 is 24.0 Å². The number of non-ortho nitro benzene ring substituents is 1. The first kappa shape index (κ1) is 25.0. The summed E-state index contributed by atoms with van der Waals surface area (Å²) in [5.74, 6) is -2.38. The minimum atomic E-state index is -0.943. The number of nitro groups is 1. The number of hydrogen-bond acceptors (Lipinski definition) is 7. The van der Waals surface area contributed by atoms with Gasteiger partial charge in [0.25, 0.3) is 5.69 Å². The Morgan fingerprint density at radius 1 is 1.00 bits per heavy atom. The first-order valence-corrected chi connectivity index (χ1v) is 13.1. The van der Waals surface area contributed by atoms with Gasteiger partial charge in [0.2, 0.25) is 11.8 Å². The van der Waals surface area contributed by atoms with Gasteiger partial charge in [-0.15, -0.1) is 0 Å². The highest BCUT2D eigenvalue weighted by molar-refractivity contribution is 9.10. The summed E-state index contributed by atoms with van der Waals surface area (Å²) in [5, 5.41) is 11.2. The zero-order valence-corrected chi connectivity index (χ0v) is 22.5. The van der Waals surface area contributed by atoms with E-state index < -0.39 is 40.7 Å². The maximum atomic E-state index is 14.2. The Hall–Kier alpha value is -4.31. The highest BCUT2D eigenvalue weighted by Crippen LogP contribution is 2.50. The molecule has 0 aromatic heterocycles. The number of aryl methyl sites for hydroxylation is 1. The van der Waals surface area contributed by atoms with Crippen molar-refractivity contribution >= 4 is 56.7 Å². The molecule has 0 spiro atoms. The summed E-state index contributed by atoms with van der Waals surface area (Å²) in [6.07, 6.45) is 3.80. The van der Waals surface area contributed by atoms with Gasteiger partial charge in [0.15, 0.2) is 5.78 Å². The molecule has 3 heterocycles. The number of anilines is 2. The van der Waals surface area contributed by atoms with Crippen LogP contribution in [-0.2, 0) is 9.59 Å². The molecule has 2 amide bonds. The van der Waals surface area contributed by atoms with Crippen LogP contribution in [0, 0.1) is 28.9 Å². The van der Waals surface area contributed by atoms with Crippen LogP contribution in [0.25, 0.3) is 6.08 Å². The molecular formula is C29H22BrN3O6. The Morgan fingerprint density at radius 2 is 1.74 bits per heavy atom. The van der Waals surface area contributed by atoms with Crippen molar-refractivity contribution in [1.82, 2.24) is 0 Å². The topological polar surface area (TPSA) is 110 Å². The Balaban J connectivity index is 1.48. The predicted molar refractivity (Wildman–Crippen MR) is 148 cm³/mol. The zero-order chi connectivity index (χ0) is 27.6. The molecule has 3 aliphatic heterocycles. The number of para-hydroxylation sites is 1. The molecule has 10 heteroatoms. The summed E-state index contributed by atoms with van der Waals surface area (Å²) in [6.45, 7) is 1.62. The van der Waals surface area contributed by atoms with Gasteiger partial charge in [-0.05, 0) is 64.3 Å². The summed E-state index contributed by atoms with van der Waals surface area (Å²) in [7, 11) is 1.53. The number of carbonyl (C=O) groups is 3. The van der Waals surface area contributed by atoms with Crippen molar-refractivity contribution in [3.63, 3.8) is 0 Å². The molecule has 3 aromatic rings. The molecule has 0 radical (unpaired) electrons. The number of halogens is 1. The van der Waals surface area contributed by atoms with Gasteiger partial charge in [0, 0.05) is 23.4 Å². The molecule has 2 fully saturated rings. The largest absolute Gasteiger partial charge is 0.496 e. The monoisotopic (exact) mass is 587 g/mol. The van der Waals surface area contributed by atoms with Crippen molar-refractivity contribution in [1.29, 1.82) is 0 Å². The molecule has 3 aliphatic rings. The number of benzene rings is 3. The number of imide groups is 1. The van der Waals surface area contributed by atoms with E-state index in [1.807, 2.05) is 41.3 Å². The van der Waals surface area contributed by atoms with Crippen LogP contribution in [0.15, 0.2) is 71.2 Å². The van der Waals surface area contributed by atoms with Crippen LogP contribution in [0.5, 0.6) is 5.75 Å². The first-order chi connectivity index (χ1) is 18.7. The van der Waals surface area contributed by atoms with E-state index in [2.05, 4.69) is 15.9 Å². The number of ketones is 1. The molecule has 196 valence electrons. The molecule has 2 saturated heterocycles. The fourth-order valence-electron chi connectivity index (χ4n) is 6.05. The number of rotatable bonds is 5. The summed E-state index contributed by atoms with van der Waals surface area (Å²) in [6, 6.07) is 15.2. The van der Waals surface area contributed by atoms with Crippen LogP contribution >= 0.6 is 15.9 Å². The summed E-state index contributed by atoms with van der Waals surface area (Å²) in [4.78, 5) is 56.0. The summed E-state index contributed by atoms with van der Waals surface area (Å²) < 4.78 is 5.91. The van der Waals surface area contributed by atoms with Crippen molar-refractivity contribution in [2.24, 2.45) is 11.8 Å². The van der Waals surface area contributed by atoms with E-state index in [0.29, 0.717) is 21.3 Å². The van der Waals surface area contributed by atoms with Crippen LogP contribution in [0.4, 0.5) is 17.1 Å². The fraction of sp³-hybridized carbons (Fsp3) is 0.207. The highest BCUT2D eigenvalue weighted by atomic mass is 79.9. The van der Waals surface area contributed by atoms with E-state index in [1.165, 1.54) is 25.3 Å². The molecule has 0 bridgehead atoms. The van der Waals surface area contributed by atoms with Gasteiger partial charge in [-0.25, -0.2) is 4.90 Å². The minimum absolute atomic E-state index is 0.133. The molecule has 3 aromatic carbocycles. The van der Waals surface area contributed by atoms with Gasteiger partial charge in [-0.1, -0.05) is 30.4 Å². The average Bonchev–Trinajstić information content (AvgIpc) is 3.40. The quantitative estimate of drug-likeness (QED) is 0.180. The highest BCUT2D eigenvalue weighted by Gasteiger charge is 2.64. The zero-order valence-electron chi connectivity index (χ0n) is 20.9. The second-order valence-corrected chi connectivity index (χ2v) is 10.6. The van der Waals surface area contributed by atoms with Crippen LogP contribution in [0.2, 0.25) is 0 Å². The number of nitro benzene ring substituents is 1. The number of ether oxygens (including phenoxy) is 1. The van der Waals surface area contributed by atoms with E-state index in [1.54, 1.807) is 25.1 Å². The number of hydrogen-bond donors (Lipinski definition) is 0. The smallest absolute Gasteiger partial charge is 0.269 e. The molecule has 0 N–H and O–H groups in total. The Bertz CT molecular complexity index is 1620. The van der Waals surface area contributed by atoms with E-state index >= 15 is 0 Å². The molecule has 4 atom stereocenters. The lowest BCUT2D eigenvalue weighted by molar-refractivity contribution is -0.384. The van der Waals surface area contributed by atoms with E-state index in [-0.39, 0.29) is 17.2 Å². The lowest BCUT2D eigenvalue weighted by atomic mass is 9.86. The maximum absolute atomic E-state index is 14.2. The van der Waals surface area contributed by atoms with Crippen LogP contribution in [-0.4, -0.2) is 41.7 Å². The van der Waals surface area contributed by atoms with Gasteiger partial charge in [0.05, 0.1) is 40.1 Å². The molecule has 6 rings (SSSR count). The molecule has 39 heavy (non-hydrogen) atoms. The molecule has 0 unspecified atom stereocenters. The maximum Gasteiger partial charge on any atom is 0.269 e. The fourth-order valence-corrected chi connectivity index (χ4v) is 6.59. The number of fused-ring (bicyclic) bond motifs is 5. The Kier molecular flexibility index (Phi) is 5.87. The van der Waals surface area contributed by atoms with Gasteiger partial charge >= 0.3 is 0 Å². The van der Waals surface area contributed by atoms with Gasteiger partial charge < -0.3 is 9.64 Å². The average molecular weight is 588 g/mol. The number of nitrogens with zero attached hydrogens (tertiary/aromatic N) is 3. The standard InChI is InChI=1S/C29H22BrN3O6/c1-15-13-18(33(37)38)9-11-20(15)32-28(35)24-22-10-7-16-5-3-4-6-21(16)31(22)26(25(24)29(32)36)27(34)17-8-12-23(39-2)19(30)14-17/h3-14,22,24-26H,1-2H3/t22-,24-,25-,26+/m0/s1. The number of methoxy groups -OCH3 is 1. The second-order valence-electron chi connectivity index (χ2n) is 9.77. The van der Waals surface area contributed by atoms with E-state index in [9.17, 15) is 24.5 Å². The SMILES string of the molecule is COc1ccc(C(=O)[C@H]2[C@H]3C(=O)N(c4ccc([N+](=O)[O-])cc4C)C(=O)[C@H]3[C@@H]3C=Cc4ccccc4N32)cc1Br.